The third kappa shape index (κ3) is 2.74. The molecule has 1 N–H and O–H groups in total. The van der Waals surface area contributed by atoms with Crippen LogP contribution in [-0.4, -0.2) is 32.0 Å². The molecule has 0 radical (unpaired) electrons. The quantitative estimate of drug-likeness (QED) is 0.872. The summed E-state index contributed by atoms with van der Waals surface area (Å²) in [6, 6.07) is 2.72. The fourth-order valence-electron chi connectivity index (χ4n) is 2.65. The average molecular weight is 284 g/mol. The molecular weight excluding hydrogens is 263 g/mol. The van der Waals surface area contributed by atoms with Gasteiger partial charge in [0.2, 0.25) is 0 Å². The van der Waals surface area contributed by atoms with Crippen molar-refractivity contribution in [2.24, 2.45) is 0 Å². The normalized spacial score (nSPS) is 18.2. The summed E-state index contributed by atoms with van der Waals surface area (Å²) in [6.45, 7) is 0. The Hall–Kier alpha value is -1.33. The molecule has 0 aromatic heterocycles. The lowest BCUT2D eigenvalue weighted by atomic mass is 9.75. The predicted molar refractivity (Wildman–Crippen MR) is 72.7 cm³/mol. The zero-order chi connectivity index (χ0) is 14.8. The van der Waals surface area contributed by atoms with Crippen LogP contribution in [0.15, 0.2) is 12.1 Å². The summed E-state index contributed by atoms with van der Waals surface area (Å²) in [6.07, 6.45) is 2.34. The number of benzene rings is 1. The maximum absolute atomic E-state index is 14.1. The molecule has 1 atom stereocenters. The Morgan fingerprint density at radius 2 is 1.80 bits per heavy atom. The monoisotopic (exact) mass is 284 g/mol. The Labute approximate surface area is 118 Å². The third-order valence-electron chi connectivity index (χ3n) is 4.13. The Balaban J connectivity index is 2.23. The van der Waals surface area contributed by atoms with E-state index in [-0.39, 0.29) is 11.2 Å². The van der Waals surface area contributed by atoms with E-state index in [0.29, 0.717) is 17.9 Å². The van der Waals surface area contributed by atoms with Crippen LogP contribution in [0.25, 0.3) is 0 Å². The Morgan fingerprint density at radius 1 is 1.20 bits per heavy atom. The van der Waals surface area contributed by atoms with Crippen LogP contribution in [0.3, 0.4) is 0 Å². The van der Waals surface area contributed by atoms with E-state index in [2.05, 4.69) is 0 Å². The summed E-state index contributed by atoms with van der Waals surface area (Å²) in [5, 5.41) is 10.3. The third-order valence-corrected chi connectivity index (χ3v) is 4.13. The van der Waals surface area contributed by atoms with Gasteiger partial charge in [-0.15, -0.1) is 0 Å². The van der Waals surface area contributed by atoms with Gasteiger partial charge in [0.25, 0.3) is 0 Å². The molecular formula is C15H21FO4. The highest BCUT2D eigenvalue weighted by Crippen LogP contribution is 2.43. The van der Waals surface area contributed by atoms with E-state index >= 15 is 0 Å². The lowest BCUT2D eigenvalue weighted by Crippen LogP contribution is -2.40. The molecule has 1 aliphatic rings. The molecule has 1 aromatic carbocycles. The second-order valence-electron chi connectivity index (χ2n) is 5.19. The second kappa shape index (κ2) is 5.97. The number of aliphatic hydroxyl groups excluding tert-OH is 1. The van der Waals surface area contributed by atoms with Crippen molar-refractivity contribution in [1.29, 1.82) is 0 Å². The summed E-state index contributed by atoms with van der Waals surface area (Å²) >= 11 is 0. The van der Waals surface area contributed by atoms with Gasteiger partial charge in [-0.3, -0.25) is 0 Å². The smallest absolute Gasteiger partial charge is 0.163 e. The van der Waals surface area contributed by atoms with E-state index in [1.807, 2.05) is 0 Å². The lowest BCUT2D eigenvalue weighted by molar-refractivity contribution is -0.100. The SMILES string of the molecule is COc1cc(F)c(C(O)CC2(OC)CCC2)cc1OC. The van der Waals surface area contributed by atoms with Crippen LogP contribution in [0.4, 0.5) is 4.39 Å². The van der Waals surface area contributed by atoms with Gasteiger partial charge >= 0.3 is 0 Å². The molecule has 4 nitrogen and oxygen atoms in total. The Bertz CT molecular complexity index is 466. The Kier molecular flexibility index (Phi) is 4.50. The molecule has 1 fully saturated rings. The fraction of sp³-hybridized carbons (Fsp3) is 0.600. The van der Waals surface area contributed by atoms with Gasteiger partial charge in [-0.05, 0) is 25.3 Å². The summed E-state index contributed by atoms with van der Waals surface area (Å²) in [5.74, 6) is 0.217. The molecule has 112 valence electrons. The first kappa shape index (κ1) is 15.1. The van der Waals surface area contributed by atoms with Crippen LogP contribution in [0, 0.1) is 5.82 Å². The van der Waals surface area contributed by atoms with E-state index < -0.39 is 11.9 Å². The lowest BCUT2D eigenvalue weighted by Gasteiger charge is -2.41. The second-order valence-corrected chi connectivity index (χ2v) is 5.19. The molecule has 1 saturated carbocycles. The van der Waals surface area contributed by atoms with Crippen molar-refractivity contribution in [3.8, 4) is 11.5 Å². The molecule has 2 rings (SSSR count). The minimum atomic E-state index is -0.921. The number of hydrogen-bond donors (Lipinski definition) is 1. The first-order valence-corrected chi connectivity index (χ1v) is 6.70. The Morgan fingerprint density at radius 3 is 2.25 bits per heavy atom. The topological polar surface area (TPSA) is 47.9 Å². The highest BCUT2D eigenvalue weighted by molar-refractivity contribution is 5.44. The number of ether oxygens (including phenoxy) is 3. The number of rotatable bonds is 6. The summed E-state index contributed by atoms with van der Waals surface area (Å²) in [7, 11) is 4.56. The van der Waals surface area contributed by atoms with Gasteiger partial charge in [0.15, 0.2) is 11.5 Å². The molecule has 1 aromatic rings. The molecule has 0 spiro atoms. The van der Waals surface area contributed by atoms with Gasteiger partial charge in [-0.2, -0.15) is 0 Å². The molecule has 0 saturated heterocycles. The predicted octanol–water partition coefficient (Wildman–Crippen LogP) is 2.84. The molecule has 0 aliphatic heterocycles. The standard InChI is InChI=1S/C15H21FO4/c1-18-13-7-10(11(16)8-14(13)19-2)12(17)9-15(20-3)5-4-6-15/h7-8,12,17H,4-6,9H2,1-3H3. The molecule has 1 unspecified atom stereocenters. The van der Waals surface area contributed by atoms with E-state index in [0.717, 1.165) is 19.3 Å². The maximum Gasteiger partial charge on any atom is 0.163 e. The summed E-state index contributed by atoms with van der Waals surface area (Å²) in [5.41, 5.74) is -0.107. The highest BCUT2D eigenvalue weighted by Gasteiger charge is 2.39. The zero-order valence-electron chi connectivity index (χ0n) is 12.1. The highest BCUT2D eigenvalue weighted by atomic mass is 19.1. The first-order valence-electron chi connectivity index (χ1n) is 6.70. The number of methoxy groups -OCH3 is 3. The number of halogens is 1. The van der Waals surface area contributed by atoms with Crippen LogP contribution >= 0.6 is 0 Å². The zero-order valence-corrected chi connectivity index (χ0v) is 12.1. The van der Waals surface area contributed by atoms with Gasteiger partial charge in [-0.1, -0.05) is 0 Å². The van der Waals surface area contributed by atoms with Crippen LogP contribution in [0.1, 0.15) is 37.4 Å². The van der Waals surface area contributed by atoms with Crippen molar-refractivity contribution in [1.82, 2.24) is 0 Å². The molecule has 5 heteroatoms. The van der Waals surface area contributed by atoms with Crippen LogP contribution < -0.4 is 9.47 Å². The fourth-order valence-corrected chi connectivity index (χ4v) is 2.65. The van der Waals surface area contributed by atoms with E-state index in [9.17, 15) is 9.50 Å². The van der Waals surface area contributed by atoms with Crippen LogP contribution in [0.5, 0.6) is 11.5 Å². The minimum Gasteiger partial charge on any atom is -0.493 e. The summed E-state index contributed by atoms with van der Waals surface area (Å²) < 4.78 is 29.7. The van der Waals surface area contributed by atoms with Gasteiger partial charge in [-0.25, -0.2) is 4.39 Å². The first-order chi connectivity index (χ1) is 9.55. The van der Waals surface area contributed by atoms with Crippen LogP contribution in [-0.2, 0) is 4.74 Å². The van der Waals surface area contributed by atoms with Crippen molar-refractivity contribution in [2.75, 3.05) is 21.3 Å². The van der Waals surface area contributed by atoms with Crippen molar-refractivity contribution in [3.63, 3.8) is 0 Å². The molecule has 0 amide bonds. The van der Waals surface area contributed by atoms with Gasteiger partial charge in [0, 0.05) is 25.2 Å². The molecule has 0 bridgehead atoms. The minimum absolute atomic E-state index is 0.214. The van der Waals surface area contributed by atoms with Crippen LogP contribution in [0.2, 0.25) is 0 Å². The number of aliphatic hydroxyl groups is 1. The molecule has 1 aliphatic carbocycles. The van der Waals surface area contributed by atoms with Gasteiger partial charge in [0.1, 0.15) is 5.82 Å². The summed E-state index contributed by atoms with van der Waals surface area (Å²) in [4.78, 5) is 0. The van der Waals surface area contributed by atoms with Gasteiger partial charge < -0.3 is 19.3 Å². The maximum atomic E-state index is 14.1. The van der Waals surface area contributed by atoms with Crippen molar-refractivity contribution in [3.05, 3.63) is 23.5 Å². The molecule has 0 heterocycles. The number of hydrogen-bond acceptors (Lipinski definition) is 4. The van der Waals surface area contributed by atoms with Crippen molar-refractivity contribution in [2.45, 2.75) is 37.4 Å². The van der Waals surface area contributed by atoms with E-state index in [4.69, 9.17) is 14.2 Å². The van der Waals surface area contributed by atoms with E-state index in [1.165, 1.54) is 26.4 Å². The molecule has 20 heavy (non-hydrogen) atoms. The van der Waals surface area contributed by atoms with E-state index in [1.54, 1.807) is 7.11 Å². The average Bonchev–Trinajstić information content (AvgIpc) is 2.42. The van der Waals surface area contributed by atoms with Gasteiger partial charge in [0.05, 0.1) is 25.9 Å². The van der Waals surface area contributed by atoms with Crippen molar-refractivity contribution < 1.29 is 23.7 Å². The van der Waals surface area contributed by atoms with Crippen molar-refractivity contribution >= 4 is 0 Å². The largest absolute Gasteiger partial charge is 0.493 e.